The summed E-state index contributed by atoms with van der Waals surface area (Å²) >= 11 is 0. The van der Waals surface area contributed by atoms with Crippen LogP contribution in [-0.2, 0) is 0 Å². The third-order valence-electron chi connectivity index (χ3n) is 1.07. The van der Waals surface area contributed by atoms with Crippen LogP contribution in [0.4, 0.5) is 0 Å². The fourth-order valence-electron chi connectivity index (χ4n) is 0.499. The Morgan fingerprint density at radius 3 is 1.19 bits per heavy atom. The molecule has 7 nitrogen and oxygen atoms in total. The van der Waals surface area contributed by atoms with Crippen LogP contribution in [-0.4, -0.2) is 32.8 Å². The molecule has 84 valence electrons. The standard InChI is InChI=1S/C5H8N4.C4H5N3/c6-1-3-8-5-9-4-2-7;5-1-3-7-4-2-6/h8-9H,3-5H2;7H,3-4H2. The van der Waals surface area contributed by atoms with E-state index in [9.17, 15) is 0 Å². The Kier molecular flexibility index (Phi) is 18.9. The summed E-state index contributed by atoms with van der Waals surface area (Å²) in [6.45, 7) is 1.67. The maximum absolute atomic E-state index is 8.02. The molecular weight excluding hydrogens is 206 g/mol. The monoisotopic (exact) mass is 219 g/mol. The van der Waals surface area contributed by atoms with Crippen molar-refractivity contribution in [2.75, 3.05) is 32.8 Å². The van der Waals surface area contributed by atoms with E-state index in [4.69, 9.17) is 21.0 Å². The van der Waals surface area contributed by atoms with Crippen LogP contribution in [0, 0.1) is 45.3 Å². The number of rotatable bonds is 6. The van der Waals surface area contributed by atoms with Crippen molar-refractivity contribution in [3.8, 4) is 24.3 Å². The Bertz CT molecular complexity index is 268. The quantitative estimate of drug-likeness (QED) is 0.290. The molecule has 0 aliphatic carbocycles. The Labute approximate surface area is 94.9 Å². The normalized spacial score (nSPS) is 7.25. The minimum Gasteiger partial charge on any atom is -0.292 e. The molecule has 0 aromatic carbocycles. The number of nitrogens with zero attached hydrogens (tertiary/aromatic N) is 4. The van der Waals surface area contributed by atoms with Gasteiger partial charge in [-0.25, -0.2) is 0 Å². The van der Waals surface area contributed by atoms with Gasteiger partial charge >= 0.3 is 0 Å². The van der Waals surface area contributed by atoms with Crippen molar-refractivity contribution in [1.29, 1.82) is 21.0 Å². The number of hydrogen-bond donors (Lipinski definition) is 3. The summed E-state index contributed by atoms with van der Waals surface area (Å²) in [6, 6.07) is 7.50. The minimum atomic E-state index is 0.258. The largest absolute Gasteiger partial charge is 0.292 e. The molecular formula is C9H13N7. The summed E-state index contributed by atoms with van der Waals surface area (Å²) in [4.78, 5) is 0. The molecule has 16 heavy (non-hydrogen) atoms. The highest BCUT2D eigenvalue weighted by atomic mass is 15.0. The SMILES string of the molecule is N#CCNCC#N.N#CCNCNCC#N. The van der Waals surface area contributed by atoms with Crippen molar-refractivity contribution >= 4 is 0 Å². The first kappa shape index (κ1) is 16.3. The second-order valence-corrected chi connectivity index (χ2v) is 2.27. The maximum Gasteiger partial charge on any atom is 0.0850 e. The second kappa shape index (κ2) is 18.6. The van der Waals surface area contributed by atoms with Gasteiger partial charge in [0.2, 0.25) is 0 Å². The van der Waals surface area contributed by atoms with Gasteiger partial charge in [-0.2, -0.15) is 21.0 Å². The first-order chi connectivity index (χ1) is 7.83. The zero-order valence-corrected chi connectivity index (χ0v) is 8.82. The van der Waals surface area contributed by atoms with Crippen LogP contribution in [0.15, 0.2) is 0 Å². The molecule has 0 unspecified atom stereocenters. The molecule has 0 saturated carbocycles. The molecule has 0 aromatic rings. The fraction of sp³-hybridized carbons (Fsp3) is 0.556. The van der Waals surface area contributed by atoms with E-state index in [1.807, 2.05) is 24.3 Å². The van der Waals surface area contributed by atoms with Gasteiger partial charge in [0.15, 0.2) is 0 Å². The Hall–Kier alpha value is -2.16. The van der Waals surface area contributed by atoms with E-state index in [2.05, 4.69) is 16.0 Å². The van der Waals surface area contributed by atoms with Gasteiger partial charge in [-0.15, -0.1) is 0 Å². The van der Waals surface area contributed by atoms with Crippen molar-refractivity contribution in [3.05, 3.63) is 0 Å². The maximum atomic E-state index is 8.02. The van der Waals surface area contributed by atoms with E-state index in [1.54, 1.807) is 0 Å². The summed E-state index contributed by atoms with van der Waals surface area (Å²) < 4.78 is 0. The first-order valence-electron chi connectivity index (χ1n) is 4.43. The van der Waals surface area contributed by atoms with E-state index in [-0.39, 0.29) is 13.1 Å². The Balaban J connectivity index is 0. The topological polar surface area (TPSA) is 131 Å². The molecule has 3 N–H and O–H groups in total. The lowest BCUT2D eigenvalue weighted by Crippen LogP contribution is -2.29. The average Bonchev–Trinajstić information content (AvgIpc) is 2.31. The van der Waals surface area contributed by atoms with Gasteiger partial charge in [0.25, 0.3) is 0 Å². The lowest BCUT2D eigenvalue weighted by molar-refractivity contribution is 0.653. The van der Waals surface area contributed by atoms with Crippen LogP contribution in [0.5, 0.6) is 0 Å². The molecule has 0 radical (unpaired) electrons. The molecule has 0 saturated heterocycles. The molecule has 0 atom stereocenters. The molecule has 0 rings (SSSR count). The van der Waals surface area contributed by atoms with Crippen LogP contribution in [0.2, 0.25) is 0 Å². The lowest BCUT2D eigenvalue weighted by Gasteiger charge is -1.96. The smallest absolute Gasteiger partial charge is 0.0850 e. The molecule has 0 spiro atoms. The molecule has 0 heterocycles. The second-order valence-electron chi connectivity index (χ2n) is 2.27. The lowest BCUT2D eigenvalue weighted by atomic mass is 10.6. The van der Waals surface area contributed by atoms with Crippen LogP contribution >= 0.6 is 0 Å². The summed E-state index contributed by atoms with van der Waals surface area (Å²) in [6.07, 6.45) is 0. The van der Waals surface area contributed by atoms with E-state index in [1.165, 1.54) is 0 Å². The van der Waals surface area contributed by atoms with Gasteiger partial charge in [0.1, 0.15) is 0 Å². The average molecular weight is 219 g/mol. The van der Waals surface area contributed by atoms with Crippen molar-refractivity contribution in [3.63, 3.8) is 0 Å². The van der Waals surface area contributed by atoms with Gasteiger partial charge in [-0.3, -0.25) is 16.0 Å². The molecule has 0 aliphatic heterocycles. The van der Waals surface area contributed by atoms with E-state index >= 15 is 0 Å². The highest BCUT2D eigenvalue weighted by molar-refractivity contribution is 4.79. The summed E-state index contributed by atoms with van der Waals surface area (Å²) in [5.74, 6) is 0. The minimum absolute atomic E-state index is 0.258. The molecule has 0 amide bonds. The molecule has 0 aliphatic rings. The predicted molar refractivity (Wildman–Crippen MR) is 56.2 cm³/mol. The Morgan fingerprint density at radius 2 is 0.875 bits per heavy atom. The third kappa shape index (κ3) is 22.6. The fourth-order valence-corrected chi connectivity index (χ4v) is 0.499. The molecule has 0 aromatic heterocycles. The van der Waals surface area contributed by atoms with Gasteiger partial charge in [-0.1, -0.05) is 0 Å². The summed E-state index contributed by atoms with van der Waals surface area (Å²) in [7, 11) is 0. The van der Waals surface area contributed by atoms with Gasteiger partial charge in [0, 0.05) is 6.67 Å². The Morgan fingerprint density at radius 1 is 0.562 bits per heavy atom. The first-order valence-corrected chi connectivity index (χ1v) is 4.43. The predicted octanol–water partition coefficient (Wildman–Crippen LogP) is -1.21. The highest BCUT2D eigenvalue weighted by Crippen LogP contribution is 1.52. The zero-order chi connectivity index (χ0) is 12.5. The molecule has 0 bridgehead atoms. The molecule has 0 fully saturated rings. The van der Waals surface area contributed by atoms with E-state index < -0.39 is 0 Å². The van der Waals surface area contributed by atoms with Crippen molar-refractivity contribution in [1.82, 2.24) is 16.0 Å². The number of hydrogen-bond acceptors (Lipinski definition) is 7. The molecule has 7 heteroatoms. The van der Waals surface area contributed by atoms with Gasteiger partial charge < -0.3 is 0 Å². The van der Waals surface area contributed by atoms with Crippen LogP contribution in [0.1, 0.15) is 0 Å². The van der Waals surface area contributed by atoms with Gasteiger partial charge in [0.05, 0.1) is 50.5 Å². The van der Waals surface area contributed by atoms with Crippen molar-refractivity contribution < 1.29 is 0 Å². The summed E-state index contributed by atoms with van der Waals surface area (Å²) in [5.41, 5.74) is 0. The summed E-state index contributed by atoms with van der Waals surface area (Å²) in [5, 5.41) is 39.8. The number of nitriles is 4. The van der Waals surface area contributed by atoms with Crippen LogP contribution < -0.4 is 16.0 Å². The van der Waals surface area contributed by atoms with Gasteiger partial charge in [-0.05, 0) is 0 Å². The van der Waals surface area contributed by atoms with Crippen molar-refractivity contribution in [2.24, 2.45) is 0 Å². The number of nitrogens with one attached hydrogen (secondary N) is 3. The van der Waals surface area contributed by atoms with Crippen LogP contribution in [0.3, 0.4) is 0 Å². The zero-order valence-electron chi connectivity index (χ0n) is 8.82. The van der Waals surface area contributed by atoms with Crippen molar-refractivity contribution in [2.45, 2.75) is 0 Å². The van der Waals surface area contributed by atoms with Crippen LogP contribution in [0.25, 0.3) is 0 Å². The highest BCUT2D eigenvalue weighted by Gasteiger charge is 1.80. The van der Waals surface area contributed by atoms with E-state index in [0.717, 1.165) is 0 Å². The third-order valence-corrected chi connectivity index (χ3v) is 1.07. The van der Waals surface area contributed by atoms with E-state index in [0.29, 0.717) is 19.8 Å².